The first-order valence-electron chi connectivity index (χ1n) is 15.9. The summed E-state index contributed by atoms with van der Waals surface area (Å²) in [6.07, 6.45) is 0. The van der Waals surface area contributed by atoms with Crippen LogP contribution in [-0.4, -0.2) is 15.0 Å². The van der Waals surface area contributed by atoms with Gasteiger partial charge in [-0.2, -0.15) is 0 Å². The average Bonchev–Trinajstić information content (AvgIpc) is 3.73. The van der Waals surface area contributed by atoms with E-state index in [1.165, 1.54) is 0 Å². The first-order chi connectivity index (χ1) is 23.8. The molecule has 5 nitrogen and oxygen atoms in total. The summed E-state index contributed by atoms with van der Waals surface area (Å²) in [4.78, 5) is 15.3. The zero-order valence-corrected chi connectivity index (χ0v) is 25.6. The van der Waals surface area contributed by atoms with Crippen LogP contribution in [0.2, 0.25) is 0 Å². The van der Waals surface area contributed by atoms with Crippen molar-refractivity contribution < 1.29 is 8.83 Å². The van der Waals surface area contributed by atoms with E-state index in [4.69, 9.17) is 23.8 Å². The maximum absolute atomic E-state index is 6.23. The van der Waals surface area contributed by atoms with Gasteiger partial charge < -0.3 is 8.83 Å². The highest BCUT2D eigenvalue weighted by molar-refractivity contribution is 6.12. The molecule has 0 fully saturated rings. The molecule has 0 amide bonds. The minimum atomic E-state index is 0.599. The molecule has 0 aliphatic carbocycles. The van der Waals surface area contributed by atoms with Crippen molar-refractivity contribution in [1.82, 2.24) is 15.0 Å². The Labute approximate surface area is 274 Å². The van der Waals surface area contributed by atoms with Gasteiger partial charge in [-0.25, -0.2) is 15.0 Å². The van der Waals surface area contributed by atoms with Crippen molar-refractivity contribution in [3.05, 3.63) is 152 Å². The van der Waals surface area contributed by atoms with Gasteiger partial charge in [0.25, 0.3) is 0 Å². The van der Waals surface area contributed by atoms with Crippen LogP contribution in [0, 0.1) is 0 Å². The largest absolute Gasteiger partial charge is 0.456 e. The lowest BCUT2D eigenvalue weighted by Gasteiger charge is -2.13. The molecule has 0 atom stereocenters. The standard InChI is InChI=1S/C43H25N3O2/c1-2-11-26(12-3-1)41-44-42(46-43(45-41)34-19-10-22-39-40(34)33-14-5-7-21-37(33)48-39)32-18-9-16-29-28(15-8-17-30(29)32)27-23-24-38-35(25-27)31-13-4-6-20-36(31)47-38/h1-25H. The molecule has 0 radical (unpaired) electrons. The zero-order chi connectivity index (χ0) is 31.6. The molecule has 0 spiro atoms. The lowest BCUT2D eigenvalue weighted by molar-refractivity contribution is 0.668. The number of furan rings is 2. The van der Waals surface area contributed by atoms with E-state index in [0.717, 1.165) is 82.5 Å². The molecule has 0 aliphatic heterocycles. The number of para-hydroxylation sites is 2. The molecule has 10 aromatic rings. The second kappa shape index (κ2) is 10.5. The molecule has 224 valence electrons. The van der Waals surface area contributed by atoms with Crippen LogP contribution < -0.4 is 0 Å². The molecule has 48 heavy (non-hydrogen) atoms. The second-order valence-electron chi connectivity index (χ2n) is 12.0. The Hall–Kier alpha value is -6.59. The topological polar surface area (TPSA) is 65.0 Å². The van der Waals surface area contributed by atoms with Crippen molar-refractivity contribution in [3.63, 3.8) is 0 Å². The van der Waals surface area contributed by atoms with Crippen LogP contribution in [0.15, 0.2) is 160 Å². The molecule has 3 aromatic heterocycles. The van der Waals surface area contributed by atoms with Crippen LogP contribution in [0.4, 0.5) is 0 Å². The molecule has 0 saturated carbocycles. The van der Waals surface area contributed by atoms with Crippen LogP contribution >= 0.6 is 0 Å². The van der Waals surface area contributed by atoms with Crippen molar-refractivity contribution in [2.45, 2.75) is 0 Å². The summed E-state index contributed by atoms with van der Waals surface area (Å²) in [7, 11) is 0. The monoisotopic (exact) mass is 615 g/mol. The van der Waals surface area contributed by atoms with Gasteiger partial charge in [-0.05, 0) is 52.2 Å². The number of aromatic nitrogens is 3. The Balaban J connectivity index is 1.20. The van der Waals surface area contributed by atoms with Gasteiger partial charge in [0.05, 0.1) is 0 Å². The molecule has 0 saturated heterocycles. The highest BCUT2D eigenvalue weighted by Gasteiger charge is 2.19. The van der Waals surface area contributed by atoms with E-state index in [2.05, 4.69) is 78.9 Å². The van der Waals surface area contributed by atoms with Crippen molar-refractivity contribution in [1.29, 1.82) is 0 Å². The van der Waals surface area contributed by atoms with E-state index < -0.39 is 0 Å². The van der Waals surface area contributed by atoms with Gasteiger partial charge in [-0.1, -0.05) is 121 Å². The molecule has 3 heterocycles. The van der Waals surface area contributed by atoms with E-state index in [9.17, 15) is 0 Å². The minimum Gasteiger partial charge on any atom is -0.456 e. The van der Waals surface area contributed by atoms with Gasteiger partial charge in [0.1, 0.15) is 22.3 Å². The highest BCUT2D eigenvalue weighted by atomic mass is 16.3. The molecule has 7 aromatic carbocycles. The summed E-state index contributed by atoms with van der Waals surface area (Å²) in [6.45, 7) is 0. The predicted octanol–water partition coefficient (Wildman–Crippen LogP) is 11.5. The quantitative estimate of drug-likeness (QED) is 0.197. The number of hydrogen-bond donors (Lipinski definition) is 0. The fraction of sp³-hybridized carbons (Fsp3) is 0. The van der Waals surface area contributed by atoms with Crippen LogP contribution in [0.3, 0.4) is 0 Å². The SMILES string of the molecule is c1ccc(-c2nc(-c3cccc4c(-c5ccc6oc7ccccc7c6c5)cccc34)nc(-c3cccc4oc5ccccc5c34)n2)cc1. The molecule has 0 bridgehead atoms. The lowest BCUT2D eigenvalue weighted by Crippen LogP contribution is -2.01. The van der Waals surface area contributed by atoms with E-state index in [1.54, 1.807) is 0 Å². The van der Waals surface area contributed by atoms with E-state index in [1.807, 2.05) is 72.8 Å². The fourth-order valence-electron chi connectivity index (χ4n) is 6.94. The third-order valence-electron chi connectivity index (χ3n) is 9.16. The molecular formula is C43H25N3O2. The van der Waals surface area contributed by atoms with Crippen molar-refractivity contribution >= 4 is 54.6 Å². The smallest absolute Gasteiger partial charge is 0.164 e. The Morgan fingerprint density at radius 3 is 1.69 bits per heavy atom. The summed E-state index contributed by atoms with van der Waals surface area (Å²) < 4.78 is 12.3. The van der Waals surface area contributed by atoms with Gasteiger partial charge in [0.15, 0.2) is 17.5 Å². The Bertz CT molecular complexity index is 2850. The van der Waals surface area contributed by atoms with Crippen LogP contribution in [0.1, 0.15) is 0 Å². The highest BCUT2D eigenvalue weighted by Crippen LogP contribution is 2.39. The maximum Gasteiger partial charge on any atom is 0.164 e. The number of fused-ring (bicyclic) bond motifs is 7. The van der Waals surface area contributed by atoms with E-state index >= 15 is 0 Å². The number of nitrogens with zero attached hydrogens (tertiary/aromatic N) is 3. The van der Waals surface area contributed by atoms with Gasteiger partial charge in [-0.3, -0.25) is 0 Å². The average molecular weight is 616 g/mol. The predicted molar refractivity (Wildman–Crippen MR) is 194 cm³/mol. The molecule has 5 heteroatoms. The Morgan fingerprint density at radius 2 is 0.854 bits per heavy atom. The summed E-state index contributed by atoms with van der Waals surface area (Å²) in [5.74, 6) is 1.83. The van der Waals surface area contributed by atoms with Gasteiger partial charge in [-0.15, -0.1) is 0 Å². The van der Waals surface area contributed by atoms with Crippen LogP contribution in [0.25, 0.3) is 99.9 Å². The third kappa shape index (κ3) is 4.15. The molecule has 0 N–H and O–H groups in total. The minimum absolute atomic E-state index is 0.599. The summed E-state index contributed by atoms with van der Waals surface area (Å²) >= 11 is 0. The van der Waals surface area contributed by atoms with Gasteiger partial charge >= 0.3 is 0 Å². The van der Waals surface area contributed by atoms with E-state index in [0.29, 0.717) is 17.5 Å². The molecule has 0 aliphatic rings. The normalized spacial score (nSPS) is 11.8. The summed E-state index contributed by atoms with van der Waals surface area (Å²) in [5.41, 5.74) is 8.43. The van der Waals surface area contributed by atoms with Crippen LogP contribution in [0.5, 0.6) is 0 Å². The van der Waals surface area contributed by atoms with Crippen molar-refractivity contribution in [2.75, 3.05) is 0 Å². The van der Waals surface area contributed by atoms with Crippen molar-refractivity contribution in [2.24, 2.45) is 0 Å². The number of benzene rings is 7. The first-order valence-corrected chi connectivity index (χ1v) is 15.9. The second-order valence-corrected chi connectivity index (χ2v) is 12.0. The Kier molecular flexibility index (Phi) is 5.81. The molecular weight excluding hydrogens is 590 g/mol. The van der Waals surface area contributed by atoms with Crippen molar-refractivity contribution in [3.8, 4) is 45.3 Å². The van der Waals surface area contributed by atoms with E-state index in [-0.39, 0.29) is 0 Å². The summed E-state index contributed by atoms with van der Waals surface area (Å²) in [6, 6.07) is 51.6. The maximum atomic E-state index is 6.23. The first kappa shape index (κ1) is 26.6. The van der Waals surface area contributed by atoms with Crippen LogP contribution in [-0.2, 0) is 0 Å². The Morgan fingerprint density at radius 1 is 0.312 bits per heavy atom. The fourth-order valence-corrected chi connectivity index (χ4v) is 6.94. The molecule has 10 rings (SSSR count). The summed E-state index contributed by atoms with van der Waals surface area (Å²) in [5, 5.41) is 6.42. The zero-order valence-electron chi connectivity index (χ0n) is 25.6. The third-order valence-corrected chi connectivity index (χ3v) is 9.16. The molecule has 0 unspecified atom stereocenters. The van der Waals surface area contributed by atoms with Gasteiger partial charge in [0, 0.05) is 38.2 Å². The lowest BCUT2D eigenvalue weighted by atomic mass is 9.94. The van der Waals surface area contributed by atoms with Gasteiger partial charge in [0.2, 0.25) is 0 Å². The number of hydrogen-bond acceptors (Lipinski definition) is 5. The number of rotatable bonds is 4.